The van der Waals surface area contributed by atoms with Crippen LogP contribution in [-0.2, 0) is 6.42 Å². The van der Waals surface area contributed by atoms with Crippen LogP contribution in [-0.4, -0.2) is 10.1 Å². The molecule has 0 aliphatic rings. The maximum atomic E-state index is 6.22. The summed E-state index contributed by atoms with van der Waals surface area (Å²) in [5.74, 6) is 0.877. The van der Waals surface area contributed by atoms with E-state index >= 15 is 0 Å². The zero-order valence-electron chi connectivity index (χ0n) is 11.4. The highest BCUT2D eigenvalue weighted by Crippen LogP contribution is 2.24. The zero-order valence-corrected chi connectivity index (χ0v) is 13.0. The van der Waals surface area contributed by atoms with Crippen molar-refractivity contribution in [3.05, 3.63) is 58.1 Å². The van der Waals surface area contributed by atoms with Crippen molar-refractivity contribution in [1.82, 2.24) is 10.1 Å². The third kappa shape index (κ3) is 3.23. The Morgan fingerprint density at radius 3 is 2.76 bits per heavy atom. The molecule has 0 fully saturated rings. The topological polar surface area (TPSA) is 38.9 Å². The van der Waals surface area contributed by atoms with E-state index in [0.29, 0.717) is 16.7 Å². The van der Waals surface area contributed by atoms with Gasteiger partial charge in [0.05, 0.1) is 0 Å². The lowest BCUT2D eigenvalue weighted by atomic mass is 10.1. The smallest absolute Gasteiger partial charge is 0.269 e. The highest BCUT2D eigenvalue weighted by molar-refractivity contribution is 7.08. The van der Waals surface area contributed by atoms with Crippen molar-refractivity contribution in [2.24, 2.45) is 0 Å². The van der Waals surface area contributed by atoms with Crippen LogP contribution in [0.5, 0.6) is 0 Å². The average molecular weight is 317 g/mol. The van der Waals surface area contributed by atoms with Gasteiger partial charge in [0.15, 0.2) is 0 Å². The van der Waals surface area contributed by atoms with Crippen molar-refractivity contribution in [1.29, 1.82) is 0 Å². The van der Waals surface area contributed by atoms with Gasteiger partial charge in [-0.1, -0.05) is 47.9 Å². The van der Waals surface area contributed by atoms with Gasteiger partial charge >= 0.3 is 0 Å². The van der Waals surface area contributed by atoms with Gasteiger partial charge in [-0.3, -0.25) is 0 Å². The van der Waals surface area contributed by atoms with Gasteiger partial charge in [0, 0.05) is 5.56 Å². The first-order valence-electron chi connectivity index (χ1n) is 6.59. The van der Waals surface area contributed by atoms with Gasteiger partial charge < -0.3 is 4.52 Å². The second-order valence-electron chi connectivity index (χ2n) is 4.52. The SMILES string of the molecule is CCc1ccc(-c2noc(/C(Cl)=C/c3ccsc3)n2)cc1. The van der Waals surface area contributed by atoms with Crippen LogP contribution >= 0.6 is 22.9 Å². The van der Waals surface area contributed by atoms with Crippen LogP contribution in [0.3, 0.4) is 0 Å². The minimum atomic E-state index is 0.331. The van der Waals surface area contributed by atoms with E-state index in [1.807, 2.05) is 35.0 Å². The molecular weight excluding hydrogens is 304 g/mol. The van der Waals surface area contributed by atoms with Gasteiger partial charge in [0.2, 0.25) is 5.82 Å². The lowest BCUT2D eigenvalue weighted by molar-refractivity contribution is 0.410. The summed E-state index contributed by atoms with van der Waals surface area (Å²) in [6, 6.07) is 10.1. The van der Waals surface area contributed by atoms with E-state index in [0.717, 1.165) is 17.5 Å². The Hall–Kier alpha value is -1.91. The Bertz CT molecular complexity index is 745. The van der Waals surface area contributed by atoms with Gasteiger partial charge in [-0.05, 0) is 40.5 Å². The number of benzene rings is 1. The number of halogens is 1. The first kappa shape index (κ1) is 14.0. The summed E-state index contributed by atoms with van der Waals surface area (Å²) in [7, 11) is 0. The molecule has 21 heavy (non-hydrogen) atoms. The minimum Gasteiger partial charge on any atom is -0.333 e. The quantitative estimate of drug-likeness (QED) is 0.672. The second kappa shape index (κ2) is 6.24. The predicted molar refractivity (Wildman–Crippen MR) is 87.2 cm³/mol. The van der Waals surface area contributed by atoms with Crippen molar-refractivity contribution in [2.75, 3.05) is 0 Å². The Morgan fingerprint density at radius 1 is 1.29 bits per heavy atom. The number of aryl methyl sites for hydroxylation is 1. The molecule has 0 saturated heterocycles. The number of thiophene rings is 1. The largest absolute Gasteiger partial charge is 0.333 e. The van der Waals surface area contributed by atoms with Gasteiger partial charge in [-0.2, -0.15) is 16.3 Å². The summed E-state index contributed by atoms with van der Waals surface area (Å²) in [5.41, 5.74) is 3.22. The van der Waals surface area contributed by atoms with Crippen LogP contribution in [0.1, 0.15) is 23.9 Å². The molecule has 5 heteroatoms. The molecule has 0 amide bonds. The Morgan fingerprint density at radius 2 is 2.10 bits per heavy atom. The molecule has 0 N–H and O–H groups in total. The summed E-state index contributed by atoms with van der Waals surface area (Å²) >= 11 is 7.83. The highest BCUT2D eigenvalue weighted by Gasteiger charge is 2.11. The molecule has 0 saturated carbocycles. The number of rotatable bonds is 4. The Balaban J connectivity index is 1.85. The maximum absolute atomic E-state index is 6.22. The lowest BCUT2D eigenvalue weighted by Crippen LogP contribution is -1.84. The van der Waals surface area contributed by atoms with Crippen LogP contribution < -0.4 is 0 Å². The normalized spacial score (nSPS) is 11.8. The molecule has 3 rings (SSSR count). The van der Waals surface area contributed by atoms with Gasteiger partial charge in [0.25, 0.3) is 5.89 Å². The third-order valence-corrected chi connectivity index (χ3v) is 4.06. The molecule has 0 aliphatic heterocycles. The number of aromatic nitrogens is 2. The molecule has 0 radical (unpaired) electrons. The maximum Gasteiger partial charge on any atom is 0.269 e. The fraction of sp³-hybridized carbons (Fsp3) is 0.125. The average Bonchev–Trinajstić information content (AvgIpc) is 3.18. The predicted octanol–water partition coefficient (Wildman–Crippen LogP) is 5.10. The summed E-state index contributed by atoms with van der Waals surface area (Å²) in [5, 5.41) is 8.42. The molecule has 2 heterocycles. The summed E-state index contributed by atoms with van der Waals surface area (Å²) in [6.45, 7) is 2.12. The van der Waals surface area contributed by atoms with E-state index in [4.69, 9.17) is 16.1 Å². The Labute approximate surface area is 131 Å². The number of hydrogen-bond acceptors (Lipinski definition) is 4. The fourth-order valence-electron chi connectivity index (χ4n) is 1.89. The molecule has 0 spiro atoms. The number of nitrogens with zero attached hydrogens (tertiary/aromatic N) is 2. The van der Waals surface area contributed by atoms with Crippen molar-refractivity contribution < 1.29 is 4.52 Å². The monoisotopic (exact) mass is 316 g/mol. The molecule has 106 valence electrons. The standard InChI is InChI=1S/C16H13ClN2OS/c1-2-11-3-5-13(6-4-11)15-18-16(20-19-15)14(17)9-12-7-8-21-10-12/h3-10H,2H2,1H3/b14-9-. The second-order valence-corrected chi connectivity index (χ2v) is 5.71. The van der Waals surface area contributed by atoms with E-state index in [-0.39, 0.29) is 0 Å². The number of hydrogen-bond donors (Lipinski definition) is 0. The summed E-state index contributed by atoms with van der Waals surface area (Å²) in [6.07, 6.45) is 2.82. The van der Waals surface area contributed by atoms with Gasteiger partial charge in [-0.15, -0.1) is 0 Å². The highest BCUT2D eigenvalue weighted by atomic mass is 35.5. The van der Waals surface area contributed by atoms with E-state index in [1.165, 1.54) is 5.56 Å². The van der Waals surface area contributed by atoms with Crippen molar-refractivity contribution in [2.45, 2.75) is 13.3 Å². The molecule has 3 aromatic rings. The van der Waals surface area contributed by atoms with Crippen LogP contribution in [0, 0.1) is 0 Å². The molecule has 0 atom stereocenters. The first-order chi connectivity index (χ1) is 10.3. The lowest BCUT2D eigenvalue weighted by Gasteiger charge is -1.97. The third-order valence-electron chi connectivity index (χ3n) is 3.09. The van der Waals surface area contributed by atoms with E-state index < -0.39 is 0 Å². The molecule has 3 nitrogen and oxygen atoms in total. The van der Waals surface area contributed by atoms with Crippen molar-refractivity contribution in [3.8, 4) is 11.4 Å². The molecule has 0 aliphatic carbocycles. The molecule has 0 unspecified atom stereocenters. The van der Waals surface area contributed by atoms with E-state index in [1.54, 1.807) is 11.3 Å². The van der Waals surface area contributed by atoms with Gasteiger partial charge in [-0.25, -0.2) is 0 Å². The van der Waals surface area contributed by atoms with E-state index in [2.05, 4.69) is 29.2 Å². The van der Waals surface area contributed by atoms with Crippen LogP contribution in [0.25, 0.3) is 22.5 Å². The van der Waals surface area contributed by atoms with Crippen LogP contribution in [0.15, 0.2) is 45.6 Å². The van der Waals surface area contributed by atoms with Crippen molar-refractivity contribution >= 4 is 34.0 Å². The van der Waals surface area contributed by atoms with Crippen LogP contribution in [0.2, 0.25) is 0 Å². The zero-order chi connectivity index (χ0) is 14.7. The van der Waals surface area contributed by atoms with Crippen LogP contribution in [0.4, 0.5) is 0 Å². The first-order valence-corrected chi connectivity index (χ1v) is 7.91. The summed E-state index contributed by atoms with van der Waals surface area (Å²) < 4.78 is 5.23. The summed E-state index contributed by atoms with van der Waals surface area (Å²) in [4.78, 5) is 4.34. The van der Waals surface area contributed by atoms with E-state index in [9.17, 15) is 0 Å². The minimum absolute atomic E-state index is 0.331. The molecule has 0 bridgehead atoms. The molecule has 1 aromatic carbocycles. The fourth-order valence-corrected chi connectivity index (χ4v) is 2.71. The Kier molecular flexibility index (Phi) is 4.18. The molecule has 2 aromatic heterocycles. The van der Waals surface area contributed by atoms with Crippen molar-refractivity contribution in [3.63, 3.8) is 0 Å². The van der Waals surface area contributed by atoms with Gasteiger partial charge in [0.1, 0.15) is 5.03 Å². The molecular formula is C16H13ClN2OS.